The number of fused-ring (bicyclic) bond motifs is 2. The van der Waals surface area contributed by atoms with Gasteiger partial charge in [0.25, 0.3) is 0 Å². The Labute approximate surface area is 225 Å². The van der Waals surface area contributed by atoms with Crippen molar-refractivity contribution in [3.8, 4) is 6.07 Å². The Morgan fingerprint density at radius 2 is 1.84 bits per heavy atom. The highest BCUT2D eigenvalue weighted by Gasteiger charge is 2.37. The average Bonchev–Trinajstić information content (AvgIpc) is 3.29. The van der Waals surface area contributed by atoms with E-state index in [1.165, 1.54) is 5.56 Å². The minimum Gasteiger partial charge on any atom is -0.416 e. The Morgan fingerprint density at radius 1 is 1.08 bits per heavy atom. The van der Waals surface area contributed by atoms with E-state index in [0.717, 1.165) is 55.6 Å². The summed E-state index contributed by atoms with van der Waals surface area (Å²) in [6.45, 7) is 15.6. The summed E-state index contributed by atoms with van der Waals surface area (Å²) in [6, 6.07) is 14.0. The number of nitrogens with one attached hydrogen (secondary N) is 2. The van der Waals surface area contributed by atoms with Crippen molar-refractivity contribution in [2.75, 3.05) is 31.6 Å². The fourth-order valence-corrected chi connectivity index (χ4v) is 5.77. The lowest BCUT2D eigenvalue weighted by molar-refractivity contribution is 0.166. The predicted octanol–water partition coefficient (Wildman–Crippen LogP) is 6.32. The third-order valence-corrected chi connectivity index (χ3v) is 12.7. The number of nitriles is 1. The monoisotopic (exact) mass is 527 g/mol. The molecule has 198 valence electrons. The van der Waals surface area contributed by atoms with Gasteiger partial charge >= 0.3 is 0 Å². The zero-order valence-electron chi connectivity index (χ0n) is 23.0. The van der Waals surface area contributed by atoms with Gasteiger partial charge in [0, 0.05) is 13.2 Å². The van der Waals surface area contributed by atoms with Crippen molar-refractivity contribution in [3.05, 3.63) is 53.7 Å². The highest BCUT2D eigenvalue weighted by Crippen LogP contribution is 2.36. The number of hydrogen-bond acceptors (Lipinski definition) is 7. The largest absolute Gasteiger partial charge is 0.416 e. The molecule has 1 aliphatic rings. The van der Waals surface area contributed by atoms with Crippen LogP contribution >= 0.6 is 0 Å². The Bertz CT molecular complexity index is 1480. The second-order valence-corrected chi connectivity index (χ2v) is 16.6. The minimum absolute atomic E-state index is 0.257. The van der Waals surface area contributed by atoms with Gasteiger partial charge in [-0.05, 0) is 85.9 Å². The van der Waals surface area contributed by atoms with Gasteiger partial charge in [0.2, 0.25) is 5.95 Å². The summed E-state index contributed by atoms with van der Waals surface area (Å²) in [5.41, 5.74) is 5.29. The van der Waals surface area contributed by atoms with E-state index < -0.39 is 8.32 Å². The number of aromatic nitrogens is 4. The lowest BCUT2D eigenvalue weighted by Crippen LogP contribution is -2.43. The summed E-state index contributed by atoms with van der Waals surface area (Å²) >= 11 is 0. The van der Waals surface area contributed by atoms with Gasteiger partial charge in [-0.15, -0.1) is 0 Å². The molecule has 5 rings (SSSR count). The van der Waals surface area contributed by atoms with Crippen LogP contribution in [0, 0.1) is 11.3 Å². The molecule has 0 saturated carbocycles. The molecule has 1 saturated heterocycles. The zero-order valence-corrected chi connectivity index (χ0v) is 24.0. The number of piperidine rings is 1. The van der Waals surface area contributed by atoms with Crippen molar-refractivity contribution in [1.29, 1.82) is 5.26 Å². The second-order valence-electron chi connectivity index (χ2n) is 11.8. The first-order valence-electron chi connectivity index (χ1n) is 13.4. The lowest BCUT2D eigenvalue weighted by Gasteiger charge is -2.37. The Morgan fingerprint density at radius 3 is 2.58 bits per heavy atom. The molecule has 2 aromatic heterocycles. The topological polar surface area (TPSA) is 103 Å². The van der Waals surface area contributed by atoms with Crippen LogP contribution in [0.25, 0.3) is 22.1 Å². The summed E-state index contributed by atoms with van der Waals surface area (Å²) in [7, 11) is -1.68. The molecule has 8 nitrogen and oxygen atoms in total. The molecule has 3 heterocycles. The van der Waals surface area contributed by atoms with Crippen LogP contribution in [0.5, 0.6) is 0 Å². The first-order valence-corrected chi connectivity index (χ1v) is 16.3. The number of aromatic amines is 1. The maximum absolute atomic E-state index is 9.08. The molecule has 9 heteroatoms. The summed E-state index contributed by atoms with van der Waals surface area (Å²) in [5.74, 6) is 1.80. The maximum atomic E-state index is 9.08. The average molecular weight is 528 g/mol. The van der Waals surface area contributed by atoms with Gasteiger partial charge in [0.15, 0.2) is 14.1 Å². The molecule has 0 amide bonds. The lowest BCUT2D eigenvalue weighted by atomic mass is 9.89. The summed E-state index contributed by atoms with van der Waals surface area (Å²) in [6.07, 6.45) is 3.98. The standard InChI is InChI=1S/C29H37N7OSi/c1-29(2,3)38(4,5)37-15-14-36-12-10-21(11-13-36)22-7-9-24-26(17-22)34-28(33-24)35-27-19-31-25-16-20(18-30)6-8-23(25)32-27/h6-9,16-17,19,21H,10-15H2,1-5H3,(H2,32,33,34,35). The first-order chi connectivity index (χ1) is 18.1. The van der Waals surface area contributed by atoms with E-state index >= 15 is 0 Å². The van der Waals surface area contributed by atoms with Crippen molar-refractivity contribution in [3.63, 3.8) is 0 Å². The zero-order chi connectivity index (χ0) is 26.9. The van der Waals surface area contributed by atoms with E-state index in [1.807, 2.05) is 6.07 Å². The van der Waals surface area contributed by atoms with E-state index in [-0.39, 0.29) is 5.04 Å². The van der Waals surface area contributed by atoms with Crippen molar-refractivity contribution >= 4 is 42.2 Å². The SMILES string of the molecule is CC(C)(C)[Si](C)(C)OCCN1CCC(c2ccc3nc(Nc4cnc5cc(C#N)ccc5n4)[nH]c3c2)CC1. The summed E-state index contributed by atoms with van der Waals surface area (Å²) < 4.78 is 6.39. The number of imidazole rings is 1. The summed E-state index contributed by atoms with van der Waals surface area (Å²) in [4.78, 5) is 19.7. The van der Waals surface area contributed by atoms with Crippen LogP contribution in [0.2, 0.25) is 18.1 Å². The quantitative estimate of drug-likeness (QED) is 0.271. The molecule has 0 unspecified atom stereocenters. The molecule has 1 aliphatic heterocycles. The van der Waals surface area contributed by atoms with E-state index in [0.29, 0.717) is 28.8 Å². The van der Waals surface area contributed by atoms with Crippen LogP contribution in [0.4, 0.5) is 11.8 Å². The second kappa shape index (κ2) is 10.4. The molecule has 0 spiro atoms. The highest BCUT2D eigenvalue weighted by atomic mass is 28.4. The fraction of sp³-hybridized carbons (Fsp3) is 0.448. The third-order valence-electron chi connectivity index (χ3n) is 8.16. The van der Waals surface area contributed by atoms with Gasteiger partial charge in [-0.1, -0.05) is 26.8 Å². The summed E-state index contributed by atoms with van der Waals surface area (Å²) in [5, 5.41) is 12.6. The molecule has 0 aliphatic carbocycles. The van der Waals surface area contributed by atoms with E-state index in [2.05, 4.69) is 88.3 Å². The molecule has 0 radical (unpaired) electrons. The van der Waals surface area contributed by atoms with Crippen LogP contribution < -0.4 is 5.32 Å². The number of likely N-dealkylation sites (tertiary alicyclic amines) is 1. The fourth-order valence-electron chi connectivity index (χ4n) is 4.74. The number of anilines is 2. The Hall–Kier alpha value is -3.32. The normalized spacial score (nSPS) is 15.7. The number of benzene rings is 2. The number of H-pyrrole nitrogens is 1. The number of hydrogen-bond donors (Lipinski definition) is 2. The van der Waals surface area contributed by atoms with Crippen LogP contribution in [0.1, 0.15) is 50.7 Å². The van der Waals surface area contributed by atoms with Crippen molar-refractivity contribution in [2.45, 2.75) is 57.7 Å². The molecular weight excluding hydrogens is 490 g/mol. The molecule has 4 aromatic rings. The van der Waals surface area contributed by atoms with Gasteiger partial charge in [-0.25, -0.2) is 9.97 Å². The predicted molar refractivity (Wildman–Crippen MR) is 155 cm³/mol. The molecular formula is C29H37N7OSi. The molecule has 38 heavy (non-hydrogen) atoms. The van der Waals surface area contributed by atoms with Crippen LogP contribution in [0.15, 0.2) is 42.6 Å². The van der Waals surface area contributed by atoms with Crippen molar-refractivity contribution in [2.24, 2.45) is 0 Å². The molecule has 1 fully saturated rings. The van der Waals surface area contributed by atoms with Crippen molar-refractivity contribution in [1.82, 2.24) is 24.8 Å². The smallest absolute Gasteiger partial charge is 0.206 e. The van der Waals surface area contributed by atoms with E-state index in [9.17, 15) is 0 Å². The molecule has 2 N–H and O–H groups in total. The van der Waals surface area contributed by atoms with E-state index in [4.69, 9.17) is 9.69 Å². The van der Waals surface area contributed by atoms with Gasteiger partial charge in [0.1, 0.15) is 0 Å². The van der Waals surface area contributed by atoms with Gasteiger partial charge in [-0.2, -0.15) is 5.26 Å². The van der Waals surface area contributed by atoms with Gasteiger partial charge in [0.05, 0.1) is 39.9 Å². The van der Waals surface area contributed by atoms with Crippen LogP contribution in [-0.2, 0) is 4.43 Å². The molecule has 0 atom stereocenters. The third kappa shape index (κ3) is 5.73. The first kappa shape index (κ1) is 26.3. The maximum Gasteiger partial charge on any atom is 0.206 e. The van der Waals surface area contributed by atoms with Crippen LogP contribution in [-0.4, -0.2) is 59.4 Å². The van der Waals surface area contributed by atoms with Gasteiger partial charge < -0.3 is 19.6 Å². The molecule has 0 bridgehead atoms. The van der Waals surface area contributed by atoms with Crippen molar-refractivity contribution < 1.29 is 4.43 Å². The Balaban J connectivity index is 1.19. The number of rotatable bonds is 7. The highest BCUT2D eigenvalue weighted by molar-refractivity contribution is 6.74. The van der Waals surface area contributed by atoms with Gasteiger partial charge in [-0.3, -0.25) is 4.98 Å². The minimum atomic E-state index is -1.68. The van der Waals surface area contributed by atoms with E-state index in [1.54, 1.807) is 18.3 Å². The number of nitrogens with zero attached hydrogens (tertiary/aromatic N) is 5. The molecule has 2 aromatic carbocycles. The van der Waals surface area contributed by atoms with Crippen LogP contribution in [0.3, 0.4) is 0 Å². The Kier molecular flexibility index (Phi) is 7.23.